The molecule has 40 heavy (non-hydrogen) atoms. The van der Waals surface area contributed by atoms with Gasteiger partial charge in [0.2, 0.25) is 11.8 Å². The van der Waals surface area contributed by atoms with E-state index in [4.69, 9.17) is 8.83 Å². The minimum atomic E-state index is 0.274. The Balaban J connectivity index is 1.40. The Morgan fingerprint density at radius 3 is 2.23 bits per heavy atom. The van der Waals surface area contributed by atoms with Crippen molar-refractivity contribution in [3.05, 3.63) is 120 Å². The third kappa shape index (κ3) is 5.61. The van der Waals surface area contributed by atoms with Crippen LogP contribution < -0.4 is 0 Å². The molecule has 0 saturated carbocycles. The van der Waals surface area contributed by atoms with Crippen molar-refractivity contribution < 1.29 is 8.83 Å². The summed E-state index contributed by atoms with van der Waals surface area (Å²) >= 11 is 0. The summed E-state index contributed by atoms with van der Waals surface area (Å²) in [5, 5.41) is 16.9. The van der Waals surface area contributed by atoms with Crippen LogP contribution in [0.5, 0.6) is 0 Å². The van der Waals surface area contributed by atoms with Gasteiger partial charge in [-0.05, 0) is 75.2 Å². The van der Waals surface area contributed by atoms with Gasteiger partial charge in [0.1, 0.15) is 11.4 Å². The molecule has 1 aliphatic rings. The Kier molecular flexibility index (Phi) is 7.41. The lowest BCUT2D eigenvalue weighted by Crippen LogP contribution is -2.01. The van der Waals surface area contributed by atoms with Gasteiger partial charge in [-0.3, -0.25) is 0 Å². The molecule has 0 saturated heterocycles. The summed E-state index contributed by atoms with van der Waals surface area (Å²) in [4.78, 5) is 9.35. The number of benzene rings is 2. The SMILES string of the molecule is C=C/C(=N\c1ccc(C)cc1C)c1nnc(-c2cccc(-c3nnc(C(=C/C)/N=C4/C=CC(C)=CC4=C)o3)c2)o1. The second-order valence-corrected chi connectivity index (χ2v) is 9.31. The first kappa shape index (κ1) is 26.4. The molecule has 0 fully saturated rings. The summed E-state index contributed by atoms with van der Waals surface area (Å²) in [5.41, 5.74) is 8.16. The highest BCUT2D eigenvalue weighted by molar-refractivity contribution is 6.13. The summed E-state index contributed by atoms with van der Waals surface area (Å²) in [6, 6.07) is 13.5. The molecule has 0 radical (unpaired) electrons. The molecule has 4 aromatic rings. The number of aryl methyl sites for hydroxylation is 2. The van der Waals surface area contributed by atoms with Gasteiger partial charge in [0, 0.05) is 11.1 Å². The minimum absolute atomic E-state index is 0.274. The molecule has 0 amide bonds. The highest BCUT2D eigenvalue weighted by atomic mass is 16.4. The topological polar surface area (TPSA) is 103 Å². The molecule has 0 spiro atoms. The molecule has 8 nitrogen and oxygen atoms in total. The number of nitrogens with zero attached hydrogens (tertiary/aromatic N) is 6. The van der Waals surface area contributed by atoms with Gasteiger partial charge in [-0.15, -0.1) is 20.4 Å². The lowest BCUT2D eigenvalue weighted by molar-refractivity contribution is 0.551. The van der Waals surface area contributed by atoms with Crippen molar-refractivity contribution in [2.45, 2.75) is 27.7 Å². The van der Waals surface area contributed by atoms with Crippen molar-refractivity contribution in [2.24, 2.45) is 9.98 Å². The van der Waals surface area contributed by atoms with Crippen molar-refractivity contribution >= 4 is 22.8 Å². The summed E-state index contributed by atoms with van der Waals surface area (Å²) in [6.45, 7) is 15.9. The molecular weight excluding hydrogens is 500 g/mol. The highest BCUT2D eigenvalue weighted by Gasteiger charge is 2.17. The summed E-state index contributed by atoms with van der Waals surface area (Å²) < 4.78 is 12.0. The van der Waals surface area contributed by atoms with Crippen LogP contribution in [0.2, 0.25) is 0 Å². The van der Waals surface area contributed by atoms with E-state index in [1.165, 1.54) is 5.56 Å². The fraction of sp³-hybridized carbons (Fsp3) is 0.125. The van der Waals surface area contributed by atoms with Crippen molar-refractivity contribution in [3.8, 4) is 22.9 Å². The van der Waals surface area contributed by atoms with Crippen LogP contribution in [0.1, 0.15) is 36.8 Å². The number of hydrogen-bond acceptors (Lipinski definition) is 8. The number of rotatable bonds is 7. The smallest absolute Gasteiger partial charge is 0.266 e. The van der Waals surface area contributed by atoms with Gasteiger partial charge in [-0.2, -0.15) is 0 Å². The predicted octanol–water partition coefficient (Wildman–Crippen LogP) is 7.58. The second-order valence-electron chi connectivity index (χ2n) is 9.31. The van der Waals surface area contributed by atoms with Crippen molar-refractivity contribution in [3.63, 3.8) is 0 Å². The van der Waals surface area contributed by atoms with Crippen LogP contribution in [0.3, 0.4) is 0 Å². The fourth-order valence-corrected chi connectivity index (χ4v) is 4.10. The fourth-order valence-electron chi connectivity index (χ4n) is 4.10. The van der Waals surface area contributed by atoms with Crippen molar-refractivity contribution in [1.29, 1.82) is 0 Å². The highest BCUT2D eigenvalue weighted by Crippen LogP contribution is 2.28. The van der Waals surface area contributed by atoms with Gasteiger partial charge in [-0.25, -0.2) is 9.98 Å². The Morgan fingerprint density at radius 1 is 0.875 bits per heavy atom. The van der Waals surface area contributed by atoms with Gasteiger partial charge in [0.15, 0.2) is 0 Å². The molecule has 0 N–H and O–H groups in total. The molecule has 0 atom stereocenters. The van der Waals surface area contributed by atoms with Crippen LogP contribution in [0.25, 0.3) is 28.6 Å². The molecule has 2 aromatic carbocycles. The molecule has 1 aliphatic carbocycles. The Morgan fingerprint density at radius 2 is 1.57 bits per heavy atom. The standard InChI is InChI=1S/C32H28N6O2/c1-7-25(33-27-14-12-19(3)16-21(27)5)31-37-35-29(39-31)23-10-9-11-24(18-23)30-36-38-32(40-30)26(8-2)34-28-15-13-20(4)17-22(28)6/h7-18H,1,6H2,2-5H3/b26-8-,33-25+,34-28-. The average molecular weight is 529 g/mol. The maximum absolute atomic E-state index is 5.99. The average Bonchev–Trinajstić information content (AvgIpc) is 3.63. The first-order chi connectivity index (χ1) is 19.3. The zero-order valence-corrected chi connectivity index (χ0v) is 22.8. The van der Waals surface area contributed by atoms with E-state index in [9.17, 15) is 0 Å². The second kappa shape index (κ2) is 11.2. The summed E-state index contributed by atoms with van der Waals surface area (Å²) in [7, 11) is 0. The Bertz CT molecular complexity index is 1780. The molecule has 2 heterocycles. The monoisotopic (exact) mass is 528 g/mol. The van der Waals surface area contributed by atoms with Gasteiger partial charge >= 0.3 is 0 Å². The summed E-state index contributed by atoms with van der Waals surface area (Å²) in [5.74, 6) is 1.25. The van der Waals surface area contributed by atoms with Gasteiger partial charge in [0.05, 0.1) is 11.4 Å². The minimum Gasteiger partial charge on any atom is -0.415 e. The Hall–Kier alpha value is -5.24. The lowest BCUT2D eigenvalue weighted by atomic mass is 10.0. The largest absolute Gasteiger partial charge is 0.415 e. The van der Waals surface area contributed by atoms with Crippen LogP contribution in [0.15, 0.2) is 116 Å². The molecule has 198 valence electrons. The molecule has 2 aromatic heterocycles. The van der Waals surface area contributed by atoms with Crippen LogP contribution in [0, 0.1) is 13.8 Å². The van der Waals surface area contributed by atoms with E-state index < -0.39 is 0 Å². The third-order valence-electron chi connectivity index (χ3n) is 6.18. The molecule has 8 heteroatoms. The number of allylic oxidation sites excluding steroid dienone is 7. The first-order valence-corrected chi connectivity index (χ1v) is 12.7. The van der Waals surface area contributed by atoms with E-state index in [1.807, 2.05) is 88.4 Å². The van der Waals surface area contributed by atoms with Crippen LogP contribution in [-0.2, 0) is 0 Å². The zero-order valence-electron chi connectivity index (χ0n) is 22.8. The van der Waals surface area contributed by atoms with Crippen LogP contribution in [0.4, 0.5) is 5.69 Å². The van der Waals surface area contributed by atoms with Crippen LogP contribution in [-0.4, -0.2) is 31.8 Å². The number of aromatic nitrogens is 4. The first-order valence-electron chi connectivity index (χ1n) is 12.7. The van der Waals surface area contributed by atoms with Gasteiger partial charge in [-0.1, -0.05) is 60.7 Å². The van der Waals surface area contributed by atoms with E-state index in [0.717, 1.165) is 28.1 Å². The maximum Gasteiger partial charge on any atom is 0.266 e. The van der Waals surface area contributed by atoms with E-state index in [1.54, 1.807) is 6.08 Å². The van der Waals surface area contributed by atoms with Crippen LogP contribution >= 0.6 is 0 Å². The number of aliphatic imine (C=N–C) groups is 2. The van der Waals surface area contributed by atoms with E-state index in [2.05, 4.69) is 49.6 Å². The van der Waals surface area contributed by atoms with E-state index in [0.29, 0.717) is 40.2 Å². The number of hydrogen-bond donors (Lipinski definition) is 0. The van der Waals surface area contributed by atoms with E-state index in [-0.39, 0.29) is 5.89 Å². The zero-order chi connectivity index (χ0) is 28.2. The molecule has 0 unspecified atom stereocenters. The van der Waals surface area contributed by atoms with Gasteiger partial charge in [0.25, 0.3) is 11.8 Å². The summed E-state index contributed by atoms with van der Waals surface area (Å²) in [6.07, 6.45) is 9.31. The molecule has 0 aliphatic heterocycles. The van der Waals surface area contributed by atoms with Gasteiger partial charge < -0.3 is 8.83 Å². The predicted molar refractivity (Wildman–Crippen MR) is 158 cm³/mol. The maximum atomic E-state index is 5.99. The quantitative estimate of drug-likeness (QED) is 0.229. The van der Waals surface area contributed by atoms with Crippen molar-refractivity contribution in [1.82, 2.24) is 20.4 Å². The van der Waals surface area contributed by atoms with Crippen molar-refractivity contribution in [2.75, 3.05) is 0 Å². The Labute approximate surface area is 232 Å². The van der Waals surface area contributed by atoms with E-state index >= 15 is 0 Å². The molecule has 5 rings (SSSR count). The molecular formula is C32H28N6O2. The molecule has 0 bridgehead atoms. The normalized spacial score (nSPS) is 15.1. The lowest BCUT2D eigenvalue weighted by Gasteiger charge is -2.08. The third-order valence-corrected chi connectivity index (χ3v) is 6.18.